The van der Waals surface area contributed by atoms with Gasteiger partial charge >= 0.3 is 0 Å². The Morgan fingerprint density at radius 3 is 1.26 bits per heavy atom. The van der Waals surface area contributed by atoms with E-state index in [1.807, 2.05) is 0 Å². The summed E-state index contributed by atoms with van der Waals surface area (Å²) >= 11 is 0. The maximum atomic E-state index is 2.51. The zero-order valence-electron chi connectivity index (χ0n) is 35.4. The van der Waals surface area contributed by atoms with E-state index in [1.165, 1.54) is 105 Å². The summed E-state index contributed by atoms with van der Waals surface area (Å²) in [6, 6.07) is 83.5. The number of hydrogen-bond donors (Lipinski definition) is 0. The molecule has 0 fully saturated rings. The van der Waals surface area contributed by atoms with E-state index in [2.05, 4.69) is 238 Å². The molecule has 0 saturated heterocycles. The van der Waals surface area contributed by atoms with Gasteiger partial charge in [-0.05, 0) is 136 Å². The molecule has 0 aromatic heterocycles. The van der Waals surface area contributed by atoms with Gasteiger partial charge in [-0.15, -0.1) is 0 Å². The van der Waals surface area contributed by atoms with Crippen molar-refractivity contribution in [2.24, 2.45) is 0 Å². The van der Waals surface area contributed by atoms with E-state index in [1.54, 1.807) is 0 Å². The largest absolute Gasteiger partial charge is 0.0622 e. The molecule has 0 bridgehead atoms. The van der Waals surface area contributed by atoms with Crippen molar-refractivity contribution in [3.63, 3.8) is 0 Å². The summed E-state index contributed by atoms with van der Waals surface area (Å²) in [6.07, 6.45) is 2.00. The van der Waals surface area contributed by atoms with Crippen LogP contribution in [0.3, 0.4) is 0 Å². The van der Waals surface area contributed by atoms with Crippen molar-refractivity contribution in [2.45, 2.75) is 38.0 Å². The fraction of sp³-hybridized carbons (Fsp3) is 0.0968. The van der Waals surface area contributed by atoms with Crippen LogP contribution in [0.25, 0.3) is 77.2 Å². The number of fused-ring (bicyclic) bond motifs is 5. The van der Waals surface area contributed by atoms with Crippen molar-refractivity contribution in [1.29, 1.82) is 0 Å². The molecule has 1 aliphatic carbocycles. The fourth-order valence-corrected chi connectivity index (χ4v) is 10.00. The van der Waals surface area contributed by atoms with Crippen molar-refractivity contribution in [1.82, 2.24) is 0 Å². The van der Waals surface area contributed by atoms with Crippen LogP contribution < -0.4 is 0 Å². The zero-order valence-corrected chi connectivity index (χ0v) is 35.4. The van der Waals surface area contributed by atoms with Crippen LogP contribution in [0.1, 0.15) is 54.0 Å². The van der Waals surface area contributed by atoms with Crippen molar-refractivity contribution < 1.29 is 0 Å². The van der Waals surface area contributed by atoms with Gasteiger partial charge in [0.2, 0.25) is 0 Å². The van der Waals surface area contributed by atoms with E-state index in [0.717, 1.165) is 12.8 Å². The highest BCUT2D eigenvalue weighted by Gasteiger charge is 2.36. The van der Waals surface area contributed by atoms with Gasteiger partial charge in [0.25, 0.3) is 0 Å². The molecule has 0 N–H and O–H groups in total. The van der Waals surface area contributed by atoms with Gasteiger partial charge in [0.15, 0.2) is 0 Å². The first-order valence-electron chi connectivity index (χ1n) is 22.1. The third kappa shape index (κ3) is 7.02. The Bertz CT molecular complexity index is 3100. The van der Waals surface area contributed by atoms with Crippen LogP contribution in [0.2, 0.25) is 0 Å². The van der Waals surface area contributed by atoms with E-state index in [-0.39, 0.29) is 11.3 Å². The Morgan fingerprint density at radius 1 is 0.323 bits per heavy atom. The maximum absolute atomic E-state index is 2.51. The predicted octanol–water partition coefficient (Wildman–Crippen LogP) is 16.7. The van der Waals surface area contributed by atoms with Gasteiger partial charge < -0.3 is 0 Å². The number of aryl methyl sites for hydroxylation is 1. The minimum atomic E-state index is -0.0999. The Labute approximate surface area is 365 Å². The standard InChI is InChI=1S/C62H48/c1-62(2)60-38-42(17-36-58(60)59-37-34-56(41-61(59)62)49-20-18-46(19-21-49)43-10-4-3-5-11-43)16-35-57(50-28-22-47(23-29-50)54-32-26-44-12-6-8-14-52(44)39-54)51-30-24-48(25-31-51)55-33-27-45-13-7-9-15-53(45)40-55/h3-15,17-34,36-41,57H,16,35H2,1-2H3. The van der Waals surface area contributed by atoms with Gasteiger partial charge in [0.05, 0.1) is 0 Å². The quantitative estimate of drug-likeness (QED) is 0.137. The van der Waals surface area contributed by atoms with Crippen LogP contribution >= 0.6 is 0 Å². The van der Waals surface area contributed by atoms with E-state index in [4.69, 9.17) is 0 Å². The Hall–Kier alpha value is -7.28. The monoisotopic (exact) mass is 792 g/mol. The highest BCUT2D eigenvalue weighted by molar-refractivity contribution is 5.89. The molecular weight excluding hydrogens is 745 g/mol. The first-order chi connectivity index (χ1) is 30.4. The van der Waals surface area contributed by atoms with Crippen molar-refractivity contribution in [3.05, 3.63) is 252 Å². The molecule has 0 radical (unpaired) electrons. The molecule has 0 unspecified atom stereocenters. The van der Waals surface area contributed by atoms with Gasteiger partial charge in [0, 0.05) is 11.3 Å². The number of benzene rings is 10. The van der Waals surface area contributed by atoms with Crippen LogP contribution in [0.4, 0.5) is 0 Å². The van der Waals surface area contributed by atoms with Crippen molar-refractivity contribution in [3.8, 4) is 55.6 Å². The SMILES string of the molecule is CC1(C)c2cc(CCC(c3ccc(-c4ccc5ccccc5c4)cc3)c3ccc(-c4ccc5ccccc5c4)cc3)ccc2-c2ccc(-c3ccc(-c4ccccc4)cc3)cc21. The predicted molar refractivity (Wildman–Crippen MR) is 264 cm³/mol. The molecule has 0 spiro atoms. The van der Waals surface area contributed by atoms with Crippen molar-refractivity contribution in [2.75, 3.05) is 0 Å². The lowest BCUT2D eigenvalue weighted by atomic mass is 9.80. The van der Waals surface area contributed by atoms with E-state index in [9.17, 15) is 0 Å². The summed E-state index contributed by atoms with van der Waals surface area (Å²) in [5.74, 6) is 0.251. The van der Waals surface area contributed by atoms with Crippen molar-refractivity contribution >= 4 is 21.5 Å². The molecule has 0 nitrogen and oxygen atoms in total. The molecule has 10 aromatic carbocycles. The number of hydrogen-bond acceptors (Lipinski definition) is 0. The molecular formula is C62H48. The highest BCUT2D eigenvalue weighted by Crippen LogP contribution is 2.50. The lowest BCUT2D eigenvalue weighted by Crippen LogP contribution is -2.15. The molecule has 11 rings (SSSR count). The van der Waals surface area contributed by atoms with Crippen LogP contribution in [0.5, 0.6) is 0 Å². The minimum Gasteiger partial charge on any atom is -0.0622 e. The van der Waals surface area contributed by atoms with Gasteiger partial charge in [-0.1, -0.05) is 220 Å². The second kappa shape index (κ2) is 15.6. The van der Waals surface area contributed by atoms with Gasteiger partial charge in [-0.25, -0.2) is 0 Å². The first kappa shape index (κ1) is 37.7. The van der Waals surface area contributed by atoms with E-state index < -0.39 is 0 Å². The van der Waals surface area contributed by atoms with Crippen LogP contribution in [-0.4, -0.2) is 0 Å². The summed E-state index contributed by atoms with van der Waals surface area (Å²) in [5.41, 5.74) is 19.6. The third-order valence-electron chi connectivity index (χ3n) is 13.6. The summed E-state index contributed by atoms with van der Waals surface area (Å²) < 4.78 is 0. The smallest absolute Gasteiger partial charge is 0.0159 e. The number of rotatable bonds is 9. The van der Waals surface area contributed by atoms with Gasteiger partial charge in [-0.3, -0.25) is 0 Å². The van der Waals surface area contributed by atoms with Crippen LogP contribution in [-0.2, 0) is 11.8 Å². The molecule has 296 valence electrons. The van der Waals surface area contributed by atoms with Crippen LogP contribution in [0, 0.1) is 0 Å². The van der Waals surface area contributed by atoms with Gasteiger partial charge in [0.1, 0.15) is 0 Å². The fourth-order valence-electron chi connectivity index (χ4n) is 10.00. The van der Waals surface area contributed by atoms with Crippen LogP contribution in [0.15, 0.2) is 224 Å². The second-order valence-corrected chi connectivity index (χ2v) is 17.7. The molecule has 62 heavy (non-hydrogen) atoms. The van der Waals surface area contributed by atoms with Gasteiger partial charge in [-0.2, -0.15) is 0 Å². The molecule has 10 aromatic rings. The van der Waals surface area contributed by atoms with E-state index in [0.29, 0.717) is 0 Å². The summed E-state index contributed by atoms with van der Waals surface area (Å²) in [5, 5.41) is 5.09. The molecule has 0 amide bonds. The Kier molecular flexibility index (Phi) is 9.51. The maximum Gasteiger partial charge on any atom is 0.0159 e. The lowest BCUT2D eigenvalue weighted by Gasteiger charge is -2.23. The summed E-state index contributed by atoms with van der Waals surface area (Å²) in [6.45, 7) is 4.81. The Balaban J connectivity index is 0.880. The van der Waals surface area contributed by atoms with E-state index >= 15 is 0 Å². The topological polar surface area (TPSA) is 0 Å². The normalized spacial score (nSPS) is 12.8. The summed E-state index contributed by atoms with van der Waals surface area (Å²) in [7, 11) is 0. The zero-order chi connectivity index (χ0) is 41.6. The molecule has 0 saturated carbocycles. The minimum absolute atomic E-state index is 0.0999. The summed E-state index contributed by atoms with van der Waals surface area (Å²) in [4.78, 5) is 0. The average molecular weight is 793 g/mol. The average Bonchev–Trinajstić information content (AvgIpc) is 3.56. The molecule has 0 aliphatic heterocycles. The highest BCUT2D eigenvalue weighted by atomic mass is 14.4. The molecule has 0 heterocycles. The third-order valence-corrected chi connectivity index (χ3v) is 13.6. The molecule has 0 atom stereocenters. The Morgan fingerprint density at radius 2 is 0.710 bits per heavy atom. The lowest BCUT2D eigenvalue weighted by molar-refractivity contribution is 0.657. The second-order valence-electron chi connectivity index (χ2n) is 17.7. The molecule has 0 heteroatoms. The molecule has 1 aliphatic rings. The first-order valence-corrected chi connectivity index (χ1v) is 22.1.